The smallest absolute Gasteiger partial charge is 0.136 e. The first-order valence-corrected chi connectivity index (χ1v) is 12.6. The van der Waals surface area contributed by atoms with Crippen LogP contribution in [0.4, 0.5) is 0 Å². The molecule has 0 amide bonds. The second-order valence-corrected chi connectivity index (χ2v) is 10.9. The van der Waals surface area contributed by atoms with E-state index >= 15 is 0 Å². The Kier molecular flexibility index (Phi) is 2.78. The second-order valence-electron chi connectivity index (χ2n) is 8.98. The van der Waals surface area contributed by atoms with Gasteiger partial charge in [-0.2, -0.15) is 0 Å². The minimum absolute atomic E-state index is 0.767. The highest BCUT2D eigenvalue weighted by atomic mass is 32.2. The molecule has 0 fully saturated rings. The van der Waals surface area contributed by atoms with E-state index in [4.69, 9.17) is 4.42 Å². The normalized spacial score (nSPS) is 16.7. The Morgan fingerprint density at radius 1 is 0.515 bits per heavy atom. The van der Waals surface area contributed by atoms with Gasteiger partial charge in [0.15, 0.2) is 0 Å². The molecular formula is C30H17NOS. The average molecular weight is 440 g/mol. The highest BCUT2D eigenvalue weighted by molar-refractivity contribution is 8.17. The van der Waals surface area contributed by atoms with E-state index in [0.29, 0.717) is 0 Å². The van der Waals surface area contributed by atoms with Gasteiger partial charge in [0.25, 0.3) is 0 Å². The lowest BCUT2D eigenvalue weighted by molar-refractivity contribution is 0.668. The minimum Gasteiger partial charge on any atom is -0.456 e. The zero-order chi connectivity index (χ0) is 21.3. The summed E-state index contributed by atoms with van der Waals surface area (Å²) in [5.74, 6) is 0. The van der Waals surface area contributed by atoms with Crippen molar-refractivity contribution in [2.24, 2.45) is 0 Å². The van der Waals surface area contributed by atoms with Crippen molar-refractivity contribution in [2.75, 3.05) is 0 Å². The van der Waals surface area contributed by atoms with Gasteiger partial charge >= 0.3 is 0 Å². The molecule has 3 heteroatoms. The molecule has 0 N–H and O–H groups in total. The van der Waals surface area contributed by atoms with Crippen LogP contribution in [0.5, 0.6) is 0 Å². The summed E-state index contributed by atoms with van der Waals surface area (Å²) in [6, 6.07) is 35.5. The van der Waals surface area contributed by atoms with Gasteiger partial charge in [0.1, 0.15) is 11.2 Å². The van der Waals surface area contributed by atoms with Crippen LogP contribution in [0.1, 0.15) is 0 Å². The molecule has 2 aromatic heterocycles. The Morgan fingerprint density at radius 3 is 2.15 bits per heavy atom. The topological polar surface area (TPSA) is 18.1 Å². The predicted octanol–water partition coefficient (Wildman–Crippen LogP) is 8.54. The molecule has 2 nitrogen and oxygen atoms in total. The number of furan rings is 1. The number of benzene rings is 5. The molecule has 0 spiro atoms. The van der Waals surface area contributed by atoms with Gasteiger partial charge in [-0.15, -0.1) is 11.1 Å². The Balaban J connectivity index is 1.57. The third kappa shape index (κ3) is 1.79. The first-order chi connectivity index (χ1) is 16.4. The third-order valence-corrected chi connectivity index (χ3v) is 10.0. The van der Waals surface area contributed by atoms with Crippen LogP contribution < -0.4 is 0 Å². The first-order valence-electron chi connectivity index (χ1n) is 11.3. The van der Waals surface area contributed by atoms with Crippen molar-refractivity contribution >= 4 is 54.8 Å². The molecular weight excluding hydrogens is 422 g/mol. The van der Waals surface area contributed by atoms with Crippen molar-refractivity contribution in [3.8, 4) is 22.3 Å². The largest absolute Gasteiger partial charge is 0.456 e. The Bertz CT molecular complexity index is 1990. The van der Waals surface area contributed by atoms with Crippen LogP contribution in [0.3, 0.4) is 0 Å². The van der Waals surface area contributed by atoms with Crippen molar-refractivity contribution in [1.29, 1.82) is 0 Å². The van der Waals surface area contributed by atoms with E-state index in [1.54, 1.807) is 0 Å². The summed E-state index contributed by atoms with van der Waals surface area (Å²) >= 11 is -0.767. The van der Waals surface area contributed by atoms with Gasteiger partial charge in [-0.05, 0) is 41.0 Å². The molecule has 0 radical (unpaired) electrons. The van der Waals surface area contributed by atoms with Gasteiger partial charge in [0, 0.05) is 36.9 Å². The maximum absolute atomic E-state index is 6.33. The lowest BCUT2D eigenvalue weighted by Crippen LogP contribution is -2.03. The van der Waals surface area contributed by atoms with Crippen LogP contribution in [0.15, 0.2) is 111 Å². The number of thiol groups is 1. The van der Waals surface area contributed by atoms with Crippen LogP contribution in [0, 0.1) is 0 Å². The summed E-state index contributed by atoms with van der Waals surface area (Å²) in [4.78, 5) is 2.92. The van der Waals surface area contributed by atoms with E-state index in [9.17, 15) is 0 Å². The molecule has 0 saturated heterocycles. The number of hydrogen-bond donors (Lipinski definition) is 1. The zero-order valence-electron chi connectivity index (χ0n) is 17.5. The Morgan fingerprint density at radius 2 is 1.21 bits per heavy atom. The van der Waals surface area contributed by atoms with E-state index in [2.05, 4.69) is 101 Å². The fourth-order valence-corrected chi connectivity index (χ4v) is 9.32. The molecule has 1 unspecified atom stereocenters. The molecule has 0 saturated carbocycles. The number of aromatic nitrogens is 1. The molecule has 2 aliphatic heterocycles. The van der Waals surface area contributed by atoms with Crippen LogP contribution >= 0.6 is 11.1 Å². The number of rotatable bonds is 0. The number of para-hydroxylation sites is 3. The molecule has 4 heterocycles. The van der Waals surface area contributed by atoms with E-state index in [1.807, 2.05) is 0 Å². The monoisotopic (exact) mass is 439 g/mol. The van der Waals surface area contributed by atoms with Crippen LogP contribution in [-0.2, 0) is 0 Å². The molecule has 2 aliphatic rings. The van der Waals surface area contributed by atoms with Gasteiger partial charge in [-0.3, -0.25) is 3.97 Å². The fourth-order valence-electron chi connectivity index (χ4n) is 6.17. The van der Waals surface area contributed by atoms with Crippen molar-refractivity contribution in [3.63, 3.8) is 0 Å². The van der Waals surface area contributed by atoms with Crippen molar-refractivity contribution in [3.05, 3.63) is 97.1 Å². The average Bonchev–Trinajstić information content (AvgIpc) is 3.51. The van der Waals surface area contributed by atoms with Gasteiger partial charge < -0.3 is 4.42 Å². The van der Waals surface area contributed by atoms with E-state index in [-0.39, 0.29) is 0 Å². The van der Waals surface area contributed by atoms with Gasteiger partial charge in [-0.25, -0.2) is 0 Å². The zero-order valence-corrected chi connectivity index (χ0v) is 18.4. The van der Waals surface area contributed by atoms with Gasteiger partial charge in [0.05, 0.1) is 11.0 Å². The summed E-state index contributed by atoms with van der Waals surface area (Å²) in [5.41, 5.74) is 10.1. The van der Waals surface area contributed by atoms with Gasteiger partial charge in [0.2, 0.25) is 0 Å². The molecule has 1 atom stereocenters. The standard InChI is InChI=1S/C30H17NOS/c1-3-13-24-17(7-1)18-9-5-10-19-20-11-6-12-21-22-15-16-26-27(23-8-2-4-14-25(23)32-26)30(22)33(29(20)21)31(24)28(18)19/h1-16,33H. The second kappa shape index (κ2) is 5.51. The van der Waals surface area contributed by atoms with Crippen LogP contribution in [0.2, 0.25) is 0 Å². The maximum atomic E-state index is 6.33. The molecule has 0 aliphatic carbocycles. The Hall–Kier alpha value is -3.95. The molecule has 0 bridgehead atoms. The highest BCUT2D eigenvalue weighted by Gasteiger charge is 2.37. The summed E-state index contributed by atoms with van der Waals surface area (Å²) in [5, 5.41) is 5.18. The number of fused-ring (bicyclic) bond motifs is 12. The number of hydrogen-bond acceptors (Lipinski definition) is 1. The summed E-state index contributed by atoms with van der Waals surface area (Å²) in [6.07, 6.45) is 0. The summed E-state index contributed by atoms with van der Waals surface area (Å²) < 4.78 is 8.99. The molecule has 33 heavy (non-hydrogen) atoms. The fraction of sp³-hybridized carbons (Fsp3) is 0. The van der Waals surface area contributed by atoms with E-state index in [0.717, 1.165) is 11.2 Å². The van der Waals surface area contributed by atoms with Gasteiger partial charge in [-0.1, -0.05) is 72.8 Å². The third-order valence-electron chi connectivity index (χ3n) is 7.43. The van der Waals surface area contributed by atoms with Crippen molar-refractivity contribution in [2.45, 2.75) is 9.79 Å². The Labute approximate surface area is 192 Å². The predicted molar refractivity (Wildman–Crippen MR) is 139 cm³/mol. The van der Waals surface area contributed by atoms with Crippen LogP contribution in [0.25, 0.3) is 66.0 Å². The van der Waals surface area contributed by atoms with E-state index in [1.165, 1.54) is 64.6 Å². The number of nitrogens with zero attached hydrogens (tertiary/aromatic N) is 1. The highest BCUT2D eigenvalue weighted by Crippen LogP contribution is 2.68. The first kappa shape index (κ1) is 16.7. The maximum Gasteiger partial charge on any atom is 0.136 e. The quantitative estimate of drug-likeness (QED) is 0.234. The molecule has 7 aromatic rings. The van der Waals surface area contributed by atoms with Crippen molar-refractivity contribution in [1.82, 2.24) is 3.97 Å². The van der Waals surface area contributed by atoms with Crippen LogP contribution in [-0.4, -0.2) is 3.97 Å². The minimum atomic E-state index is -0.767. The molecule has 5 aromatic carbocycles. The lowest BCUT2D eigenvalue weighted by Gasteiger charge is -2.30. The molecule has 154 valence electrons. The lowest BCUT2D eigenvalue weighted by atomic mass is 9.96. The summed E-state index contributed by atoms with van der Waals surface area (Å²) in [6.45, 7) is 0. The summed E-state index contributed by atoms with van der Waals surface area (Å²) in [7, 11) is 0. The molecule has 9 rings (SSSR count). The van der Waals surface area contributed by atoms with Crippen molar-refractivity contribution < 1.29 is 4.42 Å². The SMILES string of the molecule is c1cc2c3c(c1)-c1cccc4c5ccccc5n(c14)[SH]3c1c-2ccc2oc3ccccc3c12. The van der Waals surface area contributed by atoms with E-state index < -0.39 is 11.1 Å².